The highest BCUT2D eigenvalue weighted by Crippen LogP contribution is 2.26. The SMILES string of the molecule is CC(C)(C)NCc1cccnc1N1CCC(CCO)C1. The molecule has 2 rings (SSSR count). The lowest BCUT2D eigenvalue weighted by atomic mass is 10.1. The summed E-state index contributed by atoms with van der Waals surface area (Å²) in [6, 6.07) is 4.16. The zero-order valence-electron chi connectivity index (χ0n) is 12.9. The van der Waals surface area contributed by atoms with Crippen LogP contribution in [0.2, 0.25) is 0 Å². The van der Waals surface area contributed by atoms with Gasteiger partial charge in [-0.05, 0) is 45.6 Å². The van der Waals surface area contributed by atoms with E-state index in [1.54, 1.807) is 0 Å². The fraction of sp³-hybridized carbons (Fsp3) is 0.688. The molecule has 2 N–H and O–H groups in total. The van der Waals surface area contributed by atoms with Crippen molar-refractivity contribution in [2.45, 2.75) is 45.7 Å². The third kappa shape index (κ3) is 4.18. The molecule has 4 heteroatoms. The molecule has 0 saturated carbocycles. The first kappa shape index (κ1) is 15.3. The topological polar surface area (TPSA) is 48.4 Å². The molecule has 2 heterocycles. The Hall–Kier alpha value is -1.13. The number of rotatable bonds is 5. The summed E-state index contributed by atoms with van der Waals surface area (Å²) >= 11 is 0. The Labute approximate surface area is 122 Å². The molecular formula is C16H27N3O. The van der Waals surface area contributed by atoms with Crippen molar-refractivity contribution in [2.75, 3.05) is 24.6 Å². The number of hydrogen-bond acceptors (Lipinski definition) is 4. The maximum atomic E-state index is 9.07. The van der Waals surface area contributed by atoms with E-state index < -0.39 is 0 Å². The molecule has 0 bridgehead atoms. The summed E-state index contributed by atoms with van der Waals surface area (Å²) in [4.78, 5) is 6.94. The molecule has 1 fully saturated rings. The first-order valence-electron chi connectivity index (χ1n) is 7.54. The van der Waals surface area contributed by atoms with Crippen molar-refractivity contribution in [1.29, 1.82) is 0 Å². The number of hydrogen-bond donors (Lipinski definition) is 2. The van der Waals surface area contributed by atoms with Gasteiger partial charge in [0, 0.05) is 43.5 Å². The molecule has 20 heavy (non-hydrogen) atoms. The molecule has 0 radical (unpaired) electrons. The van der Waals surface area contributed by atoms with Gasteiger partial charge in [0.2, 0.25) is 0 Å². The minimum Gasteiger partial charge on any atom is -0.396 e. The van der Waals surface area contributed by atoms with Crippen LogP contribution in [0.5, 0.6) is 0 Å². The zero-order chi connectivity index (χ0) is 14.6. The molecule has 1 unspecified atom stereocenters. The Bertz CT molecular complexity index is 428. The molecule has 112 valence electrons. The average molecular weight is 277 g/mol. The number of nitrogens with one attached hydrogen (secondary N) is 1. The third-order valence-corrected chi connectivity index (χ3v) is 3.80. The second kappa shape index (κ2) is 6.55. The van der Waals surface area contributed by atoms with Gasteiger partial charge in [-0.3, -0.25) is 0 Å². The summed E-state index contributed by atoms with van der Waals surface area (Å²) in [7, 11) is 0. The van der Waals surface area contributed by atoms with E-state index in [4.69, 9.17) is 5.11 Å². The highest BCUT2D eigenvalue weighted by molar-refractivity contribution is 5.47. The number of aliphatic hydroxyl groups is 1. The average Bonchev–Trinajstić information content (AvgIpc) is 2.85. The van der Waals surface area contributed by atoms with Crippen molar-refractivity contribution in [3.05, 3.63) is 23.9 Å². The highest BCUT2D eigenvalue weighted by atomic mass is 16.3. The van der Waals surface area contributed by atoms with E-state index in [0.29, 0.717) is 12.5 Å². The second-order valence-electron chi connectivity index (χ2n) is 6.70. The van der Waals surface area contributed by atoms with Gasteiger partial charge < -0.3 is 15.3 Å². The zero-order valence-corrected chi connectivity index (χ0v) is 12.9. The van der Waals surface area contributed by atoms with Crippen LogP contribution in [-0.4, -0.2) is 35.3 Å². The fourth-order valence-corrected chi connectivity index (χ4v) is 2.66. The molecule has 1 aromatic heterocycles. The van der Waals surface area contributed by atoms with Crippen molar-refractivity contribution in [2.24, 2.45) is 5.92 Å². The van der Waals surface area contributed by atoms with Crippen LogP contribution in [0.15, 0.2) is 18.3 Å². The number of aromatic nitrogens is 1. The maximum Gasteiger partial charge on any atom is 0.133 e. The minimum atomic E-state index is 0.109. The maximum absolute atomic E-state index is 9.07. The van der Waals surface area contributed by atoms with Crippen molar-refractivity contribution in [1.82, 2.24) is 10.3 Å². The molecule has 1 atom stereocenters. The first-order valence-corrected chi connectivity index (χ1v) is 7.54. The molecule has 1 aromatic rings. The summed E-state index contributed by atoms with van der Waals surface area (Å²) in [6.45, 7) is 9.72. The van der Waals surface area contributed by atoms with Crippen LogP contribution < -0.4 is 10.2 Å². The quantitative estimate of drug-likeness (QED) is 0.866. The van der Waals surface area contributed by atoms with Gasteiger partial charge in [0.15, 0.2) is 0 Å². The largest absolute Gasteiger partial charge is 0.396 e. The molecular weight excluding hydrogens is 250 g/mol. The van der Waals surface area contributed by atoms with Crippen molar-refractivity contribution >= 4 is 5.82 Å². The molecule has 4 nitrogen and oxygen atoms in total. The van der Waals surface area contributed by atoms with E-state index in [1.807, 2.05) is 12.3 Å². The van der Waals surface area contributed by atoms with Gasteiger partial charge >= 0.3 is 0 Å². The molecule has 0 amide bonds. The van der Waals surface area contributed by atoms with E-state index in [-0.39, 0.29) is 5.54 Å². The first-order chi connectivity index (χ1) is 9.49. The van der Waals surface area contributed by atoms with E-state index >= 15 is 0 Å². The summed E-state index contributed by atoms with van der Waals surface area (Å²) in [6.07, 6.45) is 3.93. The van der Waals surface area contributed by atoms with Gasteiger partial charge in [-0.15, -0.1) is 0 Å². The normalized spacial score (nSPS) is 19.6. The second-order valence-corrected chi connectivity index (χ2v) is 6.70. The predicted molar refractivity (Wildman–Crippen MR) is 82.9 cm³/mol. The van der Waals surface area contributed by atoms with Crippen LogP contribution in [0.4, 0.5) is 5.82 Å². The Morgan fingerprint density at radius 3 is 2.95 bits per heavy atom. The number of nitrogens with zero attached hydrogens (tertiary/aromatic N) is 2. The van der Waals surface area contributed by atoms with Gasteiger partial charge in [0.25, 0.3) is 0 Å². The van der Waals surface area contributed by atoms with Gasteiger partial charge in [0.1, 0.15) is 5.82 Å². The van der Waals surface area contributed by atoms with Crippen molar-refractivity contribution in [3.63, 3.8) is 0 Å². The third-order valence-electron chi connectivity index (χ3n) is 3.80. The van der Waals surface area contributed by atoms with Crippen molar-refractivity contribution in [3.8, 4) is 0 Å². The molecule has 0 spiro atoms. The Balaban J connectivity index is 2.04. The summed E-state index contributed by atoms with van der Waals surface area (Å²) < 4.78 is 0. The molecule has 0 aromatic carbocycles. The van der Waals surface area contributed by atoms with Crippen LogP contribution in [0.25, 0.3) is 0 Å². The lowest BCUT2D eigenvalue weighted by molar-refractivity contribution is 0.263. The Morgan fingerprint density at radius 1 is 1.45 bits per heavy atom. The van der Waals surface area contributed by atoms with Crippen LogP contribution in [0, 0.1) is 5.92 Å². The van der Waals surface area contributed by atoms with E-state index in [0.717, 1.165) is 38.3 Å². The van der Waals surface area contributed by atoms with Gasteiger partial charge in [-0.2, -0.15) is 0 Å². The summed E-state index contributed by atoms with van der Waals surface area (Å²) in [5.74, 6) is 1.70. The van der Waals surface area contributed by atoms with Gasteiger partial charge in [-0.1, -0.05) is 6.07 Å². The lowest BCUT2D eigenvalue weighted by Crippen LogP contribution is -2.35. The van der Waals surface area contributed by atoms with Gasteiger partial charge in [-0.25, -0.2) is 4.98 Å². The lowest BCUT2D eigenvalue weighted by Gasteiger charge is -2.24. The molecule has 1 saturated heterocycles. The Morgan fingerprint density at radius 2 is 2.25 bits per heavy atom. The van der Waals surface area contributed by atoms with Crippen LogP contribution >= 0.6 is 0 Å². The van der Waals surface area contributed by atoms with Crippen LogP contribution in [0.3, 0.4) is 0 Å². The minimum absolute atomic E-state index is 0.109. The van der Waals surface area contributed by atoms with E-state index in [1.165, 1.54) is 5.56 Å². The fourth-order valence-electron chi connectivity index (χ4n) is 2.66. The summed E-state index contributed by atoms with van der Waals surface area (Å²) in [5, 5.41) is 12.6. The van der Waals surface area contributed by atoms with E-state index in [9.17, 15) is 0 Å². The Kier molecular flexibility index (Phi) is 5.00. The molecule has 1 aliphatic heterocycles. The van der Waals surface area contributed by atoms with Gasteiger partial charge in [0.05, 0.1) is 0 Å². The standard InChI is InChI=1S/C16H27N3O/c1-16(2,3)18-11-14-5-4-8-17-15(14)19-9-6-13(12-19)7-10-20/h4-5,8,13,18,20H,6-7,9-12H2,1-3H3. The molecule has 1 aliphatic rings. The van der Waals surface area contributed by atoms with Crippen LogP contribution in [0.1, 0.15) is 39.2 Å². The highest BCUT2D eigenvalue weighted by Gasteiger charge is 2.24. The number of anilines is 1. The molecule has 0 aliphatic carbocycles. The van der Waals surface area contributed by atoms with Crippen molar-refractivity contribution < 1.29 is 5.11 Å². The van der Waals surface area contributed by atoms with E-state index in [2.05, 4.69) is 42.0 Å². The van der Waals surface area contributed by atoms with Crippen LogP contribution in [-0.2, 0) is 6.54 Å². The smallest absolute Gasteiger partial charge is 0.133 e. The monoisotopic (exact) mass is 277 g/mol. The summed E-state index contributed by atoms with van der Waals surface area (Å²) in [5.41, 5.74) is 1.37. The number of aliphatic hydroxyl groups excluding tert-OH is 1. The predicted octanol–water partition coefficient (Wildman–Crippen LogP) is 2.18. The number of pyridine rings is 1.